The van der Waals surface area contributed by atoms with Gasteiger partial charge in [-0.15, -0.1) is 0 Å². The van der Waals surface area contributed by atoms with Crippen molar-refractivity contribution in [3.8, 4) is 11.1 Å². The Kier molecular flexibility index (Phi) is 11.4. The van der Waals surface area contributed by atoms with Gasteiger partial charge in [0.2, 0.25) is 0 Å². The number of likely N-dealkylation sites (tertiary alicyclic amines) is 2. The van der Waals surface area contributed by atoms with Crippen LogP contribution in [0.4, 0.5) is 14.9 Å². The molecule has 2 aromatic heterocycles. The van der Waals surface area contributed by atoms with Crippen LogP contribution in [0.1, 0.15) is 76.2 Å². The first kappa shape index (κ1) is 39.0. The molecule has 3 aromatic carbocycles. The Bertz CT molecular complexity index is 2340. The van der Waals surface area contributed by atoms with E-state index in [4.69, 9.17) is 9.72 Å². The summed E-state index contributed by atoms with van der Waals surface area (Å²) in [4.78, 5) is 47.3. The lowest BCUT2D eigenvalue weighted by Gasteiger charge is -2.32. The van der Waals surface area contributed by atoms with Gasteiger partial charge in [-0.25, -0.2) is 18.9 Å². The van der Waals surface area contributed by atoms with Crippen LogP contribution in [-0.2, 0) is 37.3 Å². The van der Waals surface area contributed by atoms with Crippen LogP contribution in [0.2, 0.25) is 0 Å². The van der Waals surface area contributed by atoms with Gasteiger partial charge >= 0.3 is 6.09 Å². The Morgan fingerprint density at radius 1 is 0.897 bits per heavy atom. The number of ether oxygens (including phenoxy) is 1. The van der Waals surface area contributed by atoms with Gasteiger partial charge in [-0.1, -0.05) is 37.3 Å². The number of piperazine rings is 1. The van der Waals surface area contributed by atoms with E-state index in [1.807, 2.05) is 42.1 Å². The average molecular weight is 789 g/mol. The molecule has 5 aromatic rings. The number of fused-ring (bicyclic) bond motifs is 3. The number of anilines is 1. The molecule has 2 bridgehead atoms. The van der Waals surface area contributed by atoms with E-state index in [9.17, 15) is 19.5 Å². The van der Waals surface area contributed by atoms with E-state index in [1.54, 1.807) is 36.4 Å². The van der Waals surface area contributed by atoms with Crippen LogP contribution in [0.25, 0.3) is 22.2 Å². The summed E-state index contributed by atoms with van der Waals surface area (Å²) >= 11 is 0. The fourth-order valence-electron chi connectivity index (χ4n) is 8.61. The van der Waals surface area contributed by atoms with Gasteiger partial charge in [-0.2, -0.15) is 5.10 Å². The summed E-state index contributed by atoms with van der Waals surface area (Å²) in [6.07, 6.45) is 4.24. The average Bonchev–Trinajstić information content (AvgIpc) is 3.98. The van der Waals surface area contributed by atoms with Crippen LogP contribution < -0.4 is 16.0 Å². The molecule has 4 N–H and O–H groups in total. The van der Waals surface area contributed by atoms with Gasteiger partial charge in [0.15, 0.2) is 5.65 Å². The number of aromatic nitrogens is 3. The molecule has 3 aliphatic rings. The number of carboxylic acid groups (broad SMARTS) is 1. The molecule has 0 saturated carbocycles. The number of rotatable bonds is 13. The molecule has 2 atom stereocenters. The van der Waals surface area contributed by atoms with Crippen molar-refractivity contribution >= 4 is 34.6 Å². The van der Waals surface area contributed by atoms with Gasteiger partial charge in [0.25, 0.3) is 11.8 Å². The fraction of sp³-hybridized carbons (Fsp3) is 0.386. The highest BCUT2D eigenvalue weighted by molar-refractivity contribution is 6.00. The van der Waals surface area contributed by atoms with Gasteiger partial charge in [0, 0.05) is 98.6 Å². The van der Waals surface area contributed by atoms with Crippen LogP contribution in [-0.4, -0.2) is 92.0 Å². The first-order chi connectivity index (χ1) is 28.2. The summed E-state index contributed by atoms with van der Waals surface area (Å²) in [6.45, 7) is 8.42. The van der Waals surface area contributed by atoms with Gasteiger partial charge in [0.1, 0.15) is 5.82 Å². The number of carbonyl (C=O) groups excluding carboxylic acids is 2. The lowest BCUT2D eigenvalue weighted by molar-refractivity contribution is 0.0904. The number of hydrogen-bond donors (Lipinski definition) is 4. The number of nitrogens with zero attached hydrogens (tertiary/aromatic N) is 5. The second-order valence-electron chi connectivity index (χ2n) is 15.4. The number of benzene rings is 3. The topological polar surface area (TPSA) is 154 Å². The molecule has 14 heteroatoms. The van der Waals surface area contributed by atoms with Crippen LogP contribution in [0.5, 0.6) is 0 Å². The second kappa shape index (κ2) is 16.9. The van der Waals surface area contributed by atoms with E-state index in [2.05, 4.69) is 32.9 Å². The minimum atomic E-state index is -0.865. The summed E-state index contributed by atoms with van der Waals surface area (Å²) in [6, 6.07) is 19.6. The van der Waals surface area contributed by atoms with Crippen LogP contribution in [0.3, 0.4) is 0 Å². The normalized spacial score (nSPS) is 18.2. The largest absolute Gasteiger partial charge is 0.465 e. The first-order valence-electron chi connectivity index (χ1n) is 20.2. The standard InChI is InChI=1S/C44H49FN8O5/c1-3-39-36(40(49-32-13-15-58-16-14-32)37-23-48-53(4-2)41(37)50-39)22-47-43(55)31-10-6-9-30(19-31)42(54)46-21-27-11-12-38(45)35(18-27)29-8-5-7-28(17-29)24-51-25-34-20-33(51)26-52(34)44(56)57/h5-12,17-19,23,32-34H,3-4,13-16,20-22,24-26H2,1-2H3,(H,46,54)(H,47,55)(H,49,50)(H,56,57)/t33-,34-/m0/s1. The lowest BCUT2D eigenvalue weighted by Crippen LogP contribution is -2.47. The molecule has 8 rings (SSSR count). The van der Waals surface area contributed by atoms with Gasteiger partial charge < -0.3 is 30.7 Å². The zero-order chi connectivity index (χ0) is 40.3. The summed E-state index contributed by atoms with van der Waals surface area (Å²) < 4.78 is 22.7. The zero-order valence-corrected chi connectivity index (χ0v) is 32.8. The zero-order valence-electron chi connectivity index (χ0n) is 32.8. The molecule has 3 amide bonds. The maximum absolute atomic E-state index is 15.2. The highest BCUT2D eigenvalue weighted by Crippen LogP contribution is 2.34. The van der Waals surface area contributed by atoms with E-state index in [1.165, 1.54) is 11.0 Å². The maximum Gasteiger partial charge on any atom is 0.407 e. The predicted molar refractivity (Wildman–Crippen MR) is 218 cm³/mol. The molecule has 5 heterocycles. The first-order valence-corrected chi connectivity index (χ1v) is 20.2. The monoisotopic (exact) mass is 788 g/mol. The van der Waals surface area contributed by atoms with Crippen LogP contribution in [0, 0.1) is 5.82 Å². The van der Waals surface area contributed by atoms with E-state index in [-0.39, 0.29) is 48.8 Å². The molecule has 3 saturated heterocycles. The molecule has 13 nitrogen and oxygen atoms in total. The van der Waals surface area contributed by atoms with Crippen molar-refractivity contribution in [2.45, 2.75) is 83.8 Å². The number of aryl methyl sites for hydroxylation is 2. The number of amides is 3. The van der Waals surface area contributed by atoms with Crippen molar-refractivity contribution in [2.24, 2.45) is 0 Å². The van der Waals surface area contributed by atoms with Crippen molar-refractivity contribution in [1.82, 2.24) is 35.2 Å². The third-order valence-corrected chi connectivity index (χ3v) is 11.7. The van der Waals surface area contributed by atoms with Crippen molar-refractivity contribution in [2.75, 3.05) is 31.6 Å². The Labute approximate surface area is 336 Å². The van der Waals surface area contributed by atoms with E-state index in [0.717, 1.165) is 63.9 Å². The molecular weight excluding hydrogens is 740 g/mol. The minimum Gasteiger partial charge on any atom is -0.465 e. The number of halogens is 1. The molecule has 0 radical (unpaired) electrons. The summed E-state index contributed by atoms with van der Waals surface area (Å²) in [5, 5.41) is 24.7. The van der Waals surface area contributed by atoms with Crippen molar-refractivity contribution in [1.29, 1.82) is 0 Å². The number of pyridine rings is 1. The molecule has 3 aliphatic heterocycles. The maximum atomic E-state index is 15.2. The molecule has 0 spiro atoms. The van der Waals surface area contributed by atoms with Gasteiger partial charge in [-0.3, -0.25) is 14.5 Å². The van der Waals surface area contributed by atoms with Crippen LogP contribution >= 0.6 is 0 Å². The Hall–Kier alpha value is -5.86. The van der Waals surface area contributed by atoms with E-state index < -0.39 is 6.09 Å². The Morgan fingerprint density at radius 3 is 2.36 bits per heavy atom. The molecule has 3 fully saturated rings. The third kappa shape index (κ3) is 8.12. The van der Waals surface area contributed by atoms with E-state index in [0.29, 0.717) is 62.5 Å². The SMILES string of the molecule is CCc1nc2c(cnn2CC)c(NC2CCOCC2)c1CNC(=O)c1cccc(C(=O)NCc2ccc(F)c(-c3cccc(CN4C[C@@H]5C[C@H]4CN5C(=O)O)c3)c2)c1. The Balaban J connectivity index is 0.919. The summed E-state index contributed by atoms with van der Waals surface area (Å²) in [7, 11) is 0. The van der Waals surface area contributed by atoms with E-state index >= 15 is 4.39 Å². The Morgan fingerprint density at radius 2 is 1.66 bits per heavy atom. The number of hydrogen-bond acceptors (Lipinski definition) is 8. The quantitative estimate of drug-likeness (QED) is 0.109. The summed E-state index contributed by atoms with van der Waals surface area (Å²) in [5.41, 5.74) is 7.12. The smallest absolute Gasteiger partial charge is 0.407 e. The van der Waals surface area contributed by atoms with Crippen molar-refractivity contribution < 1.29 is 28.6 Å². The fourth-order valence-corrected chi connectivity index (χ4v) is 8.61. The van der Waals surface area contributed by atoms with Crippen molar-refractivity contribution in [3.63, 3.8) is 0 Å². The van der Waals surface area contributed by atoms with Gasteiger partial charge in [0.05, 0.1) is 17.3 Å². The third-order valence-electron chi connectivity index (χ3n) is 11.7. The number of carbonyl (C=O) groups is 3. The number of nitrogens with one attached hydrogen (secondary N) is 3. The van der Waals surface area contributed by atoms with Crippen LogP contribution in [0.15, 0.2) is 72.9 Å². The molecule has 302 valence electrons. The second-order valence-corrected chi connectivity index (χ2v) is 15.4. The summed E-state index contributed by atoms with van der Waals surface area (Å²) in [5.74, 6) is -1.04. The highest BCUT2D eigenvalue weighted by atomic mass is 19.1. The minimum absolute atomic E-state index is 0.0176. The highest BCUT2D eigenvalue weighted by Gasteiger charge is 2.45. The van der Waals surface area contributed by atoms with Gasteiger partial charge in [-0.05, 0) is 85.7 Å². The molecule has 0 aliphatic carbocycles. The molecule has 0 unspecified atom stereocenters. The van der Waals surface area contributed by atoms with Crippen molar-refractivity contribution in [3.05, 3.63) is 112 Å². The molecular formula is C44H49FN8O5. The lowest BCUT2D eigenvalue weighted by atomic mass is 10.00. The predicted octanol–water partition coefficient (Wildman–Crippen LogP) is 6.21. The molecule has 58 heavy (non-hydrogen) atoms.